The molecule has 0 heterocycles. The molecule has 6 aromatic carbocycles. The van der Waals surface area contributed by atoms with Crippen LogP contribution in [0.3, 0.4) is 0 Å². The lowest BCUT2D eigenvalue weighted by Gasteiger charge is -2.30. The summed E-state index contributed by atoms with van der Waals surface area (Å²) in [6, 6.07) is 56.7. The summed E-state index contributed by atoms with van der Waals surface area (Å²) in [5.74, 6) is 0.988. The Morgan fingerprint density at radius 2 is 0.522 bits per heavy atom. The van der Waals surface area contributed by atoms with Crippen LogP contribution in [-0.4, -0.2) is 0 Å². The van der Waals surface area contributed by atoms with E-state index in [2.05, 4.69) is 48.5 Å². The van der Waals surface area contributed by atoms with E-state index < -0.39 is 14.3 Å². The van der Waals surface area contributed by atoms with E-state index in [1.54, 1.807) is 0 Å². The molecule has 0 spiro atoms. The Balaban J connectivity index is 1.08. The Labute approximate surface area is 272 Å². The Morgan fingerprint density at radius 1 is 0.304 bits per heavy atom. The van der Waals surface area contributed by atoms with Crippen LogP contribution in [-0.2, 0) is 9.13 Å². The second kappa shape index (κ2) is 13.3. The first kappa shape index (κ1) is 30.4. The van der Waals surface area contributed by atoms with Gasteiger partial charge < -0.3 is 9.13 Å². The van der Waals surface area contributed by atoms with E-state index in [-0.39, 0.29) is 0 Å². The van der Waals surface area contributed by atoms with Crippen LogP contribution in [0.15, 0.2) is 170 Å². The molecule has 1 aliphatic carbocycles. The minimum absolute atomic E-state index is 0.494. The molecular weight excluding hydrogens is 598 g/mol. The normalized spacial score (nSPS) is 17.0. The van der Waals surface area contributed by atoms with E-state index in [9.17, 15) is 9.13 Å². The van der Waals surface area contributed by atoms with Crippen LogP contribution >= 0.6 is 14.3 Å². The van der Waals surface area contributed by atoms with Crippen molar-refractivity contribution in [3.63, 3.8) is 0 Å². The first-order valence-corrected chi connectivity index (χ1v) is 19.6. The summed E-state index contributed by atoms with van der Waals surface area (Å²) >= 11 is 0. The molecule has 0 unspecified atom stereocenters. The van der Waals surface area contributed by atoms with Gasteiger partial charge in [-0.05, 0) is 48.6 Å². The summed E-state index contributed by atoms with van der Waals surface area (Å²) in [5.41, 5.74) is 2.66. The highest BCUT2D eigenvalue weighted by atomic mass is 31.2. The standard InChI is InChI=1S/C42H38O2P2/c43-45(37-13-5-1-6-14-37,38-15-7-2-8-16-38)41-29-25-35(26-30-41)33-21-23-34(24-22-33)36-27-31-42(32-28-36)46(44,39-17-9-3-10-18-39)40-19-11-4-12-20-40/h1-20,25-34H,21-24H2. The fourth-order valence-electron chi connectivity index (χ4n) is 7.12. The molecule has 0 atom stereocenters. The zero-order chi connectivity index (χ0) is 31.4. The van der Waals surface area contributed by atoms with Gasteiger partial charge in [-0.25, -0.2) is 0 Å². The van der Waals surface area contributed by atoms with Gasteiger partial charge in [0, 0.05) is 31.8 Å². The quantitative estimate of drug-likeness (QED) is 0.157. The zero-order valence-corrected chi connectivity index (χ0v) is 27.6. The molecule has 0 amide bonds. The third-order valence-electron chi connectivity index (χ3n) is 9.66. The molecule has 1 fully saturated rings. The second-order valence-corrected chi connectivity index (χ2v) is 17.8. The van der Waals surface area contributed by atoms with Gasteiger partial charge in [0.2, 0.25) is 0 Å². The zero-order valence-electron chi connectivity index (χ0n) is 25.9. The van der Waals surface area contributed by atoms with Crippen LogP contribution in [0.2, 0.25) is 0 Å². The molecule has 1 saturated carbocycles. The minimum Gasteiger partial charge on any atom is -0.309 e. The van der Waals surface area contributed by atoms with Crippen molar-refractivity contribution in [2.45, 2.75) is 37.5 Å². The fraction of sp³-hybridized carbons (Fsp3) is 0.143. The molecule has 6 aromatic rings. The highest BCUT2D eigenvalue weighted by Crippen LogP contribution is 2.45. The molecule has 4 heteroatoms. The average molecular weight is 637 g/mol. The summed E-state index contributed by atoms with van der Waals surface area (Å²) in [6.07, 6.45) is 4.47. The number of hydrogen-bond donors (Lipinski definition) is 0. The van der Waals surface area contributed by atoms with E-state index in [1.807, 2.05) is 121 Å². The molecule has 46 heavy (non-hydrogen) atoms. The highest BCUT2D eigenvalue weighted by Gasteiger charge is 2.32. The molecule has 1 aliphatic rings. The summed E-state index contributed by atoms with van der Waals surface area (Å²) in [7, 11) is -5.92. The van der Waals surface area contributed by atoms with Crippen LogP contribution in [0.25, 0.3) is 0 Å². The molecule has 0 saturated heterocycles. The third-order valence-corrected chi connectivity index (χ3v) is 15.8. The second-order valence-electron chi connectivity index (χ2n) is 12.3. The van der Waals surface area contributed by atoms with Crippen molar-refractivity contribution in [2.75, 3.05) is 0 Å². The van der Waals surface area contributed by atoms with Crippen molar-refractivity contribution in [3.05, 3.63) is 181 Å². The number of hydrogen-bond acceptors (Lipinski definition) is 2. The highest BCUT2D eigenvalue weighted by molar-refractivity contribution is 7.85. The maximum Gasteiger partial charge on any atom is 0.171 e. The predicted octanol–water partition coefficient (Wildman–Crippen LogP) is 8.41. The smallest absolute Gasteiger partial charge is 0.171 e. The first-order valence-electron chi connectivity index (χ1n) is 16.2. The summed E-state index contributed by atoms with van der Waals surface area (Å²) in [6.45, 7) is 0. The van der Waals surface area contributed by atoms with Gasteiger partial charge in [0.05, 0.1) is 0 Å². The molecular formula is C42H38O2P2. The average Bonchev–Trinajstić information content (AvgIpc) is 3.16. The predicted molar refractivity (Wildman–Crippen MR) is 196 cm³/mol. The lowest BCUT2D eigenvalue weighted by Crippen LogP contribution is -2.25. The largest absolute Gasteiger partial charge is 0.309 e. The van der Waals surface area contributed by atoms with Crippen LogP contribution in [0.1, 0.15) is 48.6 Å². The molecule has 0 N–H and O–H groups in total. The topological polar surface area (TPSA) is 34.1 Å². The monoisotopic (exact) mass is 636 g/mol. The molecule has 0 bridgehead atoms. The number of rotatable bonds is 8. The lowest BCUT2D eigenvalue weighted by molar-refractivity contribution is 0.396. The first-order chi connectivity index (χ1) is 22.6. The van der Waals surface area contributed by atoms with Gasteiger partial charge in [-0.2, -0.15) is 0 Å². The van der Waals surface area contributed by atoms with Crippen molar-refractivity contribution in [2.24, 2.45) is 0 Å². The third kappa shape index (κ3) is 5.78. The Hall–Kier alpha value is -4.22. The van der Waals surface area contributed by atoms with Crippen molar-refractivity contribution < 1.29 is 9.13 Å². The van der Waals surface area contributed by atoms with Crippen LogP contribution in [0, 0.1) is 0 Å². The fourth-order valence-corrected chi connectivity index (χ4v) is 12.4. The number of benzene rings is 6. The molecule has 2 nitrogen and oxygen atoms in total. The molecule has 0 aromatic heterocycles. The van der Waals surface area contributed by atoms with Crippen molar-refractivity contribution >= 4 is 46.1 Å². The Bertz CT molecular complexity index is 1730. The van der Waals surface area contributed by atoms with Crippen LogP contribution in [0.4, 0.5) is 0 Å². The van der Waals surface area contributed by atoms with Crippen molar-refractivity contribution in [1.29, 1.82) is 0 Å². The summed E-state index contributed by atoms with van der Waals surface area (Å²) in [5, 5.41) is 5.22. The van der Waals surface area contributed by atoms with Gasteiger partial charge in [0.1, 0.15) is 0 Å². The van der Waals surface area contributed by atoms with Gasteiger partial charge in [-0.15, -0.1) is 0 Å². The Morgan fingerprint density at radius 3 is 0.761 bits per heavy atom. The summed E-state index contributed by atoms with van der Waals surface area (Å²) in [4.78, 5) is 0. The molecule has 228 valence electrons. The van der Waals surface area contributed by atoms with E-state index in [1.165, 1.54) is 11.1 Å². The van der Waals surface area contributed by atoms with Gasteiger partial charge >= 0.3 is 0 Å². The van der Waals surface area contributed by atoms with Crippen LogP contribution in [0.5, 0.6) is 0 Å². The Kier molecular flexibility index (Phi) is 8.77. The maximum absolute atomic E-state index is 14.7. The van der Waals surface area contributed by atoms with E-state index >= 15 is 0 Å². The van der Waals surface area contributed by atoms with Gasteiger partial charge in [-0.3, -0.25) is 0 Å². The van der Waals surface area contributed by atoms with Gasteiger partial charge in [0.25, 0.3) is 0 Å². The van der Waals surface area contributed by atoms with Crippen LogP contribution < -0.4 is 31.8 Å². The van der Waals surface area contributed by atoms with E-state index in [0.29, 0.717) is 11.8 Å². The van der Waals surface area contributed by atoms with Crippen molar-refractivity contribution in [3.8, 4) is 0 Å². The SMILES string of the molecule is O=P(c1ccccc1)(c1ccccc1)c1ccc(C2CCC(c3ccc(P(=O)(c4ccccc4)c4ccccc4)cc3)CC2)cc1. The van der Waals surface area contributed by atoms with Gasteiger partial charge in [0.15, 0.2) is 14.3 Å². The minimum atomic E-state index is -2.96. The van der Waals surface area contributed by atoms with Crippen molar-refractivity contribution in [1.82, 2.24) is 0 Å². The summed E-state index contributed by atoms with van der Waals surface area (Å²) < 4.78 is 29.5. The molecule has 0 radical (unpaired) electrons. The van der Waals surface area contributed by atoms with E-state index in [0.717, 1.165) is 57.5 Å². The molecule has 0 aliphatic heterocycles. The molecule has 7 rings (SSSR count). The van der Waals surface area contributed by atoms with E-state index in [4.69, 9.17) is 0 Å². The lowest BCUT2D eigenvalue weighted by atomic mass is 9.76. The maximum atomic E-state index is 14.7. The van der Waals surface area contributed by atoms with Gasteiger partial charge in [-0.1, -0.05) is 170 Å².